The lowest BCUT2D eigenvalue weighted by Crippen LogP contribution is -2.09. The average Bonchev–Trinajstić information content (AvgIpc) is 2.66. The highest BCUT2D eigenvalue weighted by molar-refractivity contribution is 5.83. The summed E-state index contributed by atoms with van der Waals surface area (Å²) in [5.74, 6) is 0.908. The van der Waals surface area contributed by atoms with Crippen LogP contribution < -0.4 is 4.74 Å². The fourth-order valence-electron chi connectivity index (χ4n) is 1.37. The van der Waals surface area contributed by atoms with Gasteiger partial charge in [-0.15, -0.1) is 0 Å². The maximum Gasteiger partial charge on any atom is 0.137 e. The van der Waals surface area contributed by atoms with Gasteiger partial charge in [-0.25, -0.2) is 0 Å². The topological polar surface area (TPSA) is 22.4 Å². The van der Waals surface area contributed by atoms with Crippen molar-refractivity contribution in [2.75, 3.05) is 0 Å². The van der Waals surface area contributed by atoms with Crippen molar-refractivity contribution < 1.29 is 9.15 Å². The SMILES string of the molecule is CCC(C)Oc1cccc2occc12. The summed E-state index contributed by atoms with van der Waals surface area (Å²) in [5, 5.41) is 1.05. The summed E-state index contributed by atoms with van der Waals surface area (Å²) in [4.78, 5) is 0. The van der Waals surface area contributed by atoms with Crippen LogP contribution in [0.25, 0.3) is 11.0 Å². The van der Waals surface area contributed by atoms with E-state index in [0.717, 1.165) is 23.1 Å². The first-order valence-electron chi connectivity index (χ1n) is 4.94. The molecule has 0 saturated carbocycles. The van der Waals surface area contributed by atoms with E-state index in [4.69, 9.17) is 9.15 Å². The van der Waals surface area contributed by atoms with Crippen molar-refractivity contribution in [1.29, 1.82) is 0 Å². The Morgan fingerprint density at radius 2 is 2.21 bits per heavy atom. The van der Waals surface area contributed by atoms with Crippen molar-refractivity contribution >= 4 is 11.0 Å². The Morgan fingerprint density at radius 3 is 3.00 bits per heavy atom. The van der Waals surface area contributed by atoms with E-state index >= 15 is 0 Å². The van der Waals surface area contributed by atoms with Crippen LogP contribution in [0, 0.1) is 0 Å². The van der Waals surface area contributed by atoms with Gasteiger partial charge in [0.15, 0.2) is 0 Å². The standard InChI is InChI=1S/C12H14O2/c1-3-9(2)14-12-6-4-5-11-10(12)7-8-13-11/h4-9H,3H2,1-2H3. The highest BCUT2D eigenvalue weighted by Gasteiger charge is 2.06. The zero-order chi connectivity index (χ0) is 9.97. The first-order valence-corrected chi connectivity index (χ1v) is 4.94. The van der Waals surface area contributed by atoms with Crippen LogP contribution in [0.1, 0.15) is 20.3 Å². The Bertz CT molecular complexity index is 417. The summed E-state index contributed by atoms with van der Waals surface area (Å²) in [7, 11) is 0. The van der Waals surface area contributed by atoms with Gasteiger partial charge < -0.3 is 9.15 Å². The third-order valence-electron chi connectivity index (χ3n) is 2.36. The molecule has 1 aromatic heterocycles. The molecule has 2 rings (SSSR count). The second kappa shape index (κ2) is 3.74. The molecule has 14 heavy (non-hydrogen) atoms. The van der Waals surface area contributed by atoms with Gasteiger partial charge in [0.25, 0.3) is 0 Å². The Labute approximate surface area is 83.5 Å². The first kappa shape index (κ1) is 9.13. The van der Waals surface area contributed by atoms with Crippen LogP contribution in [0.15, 0.2) is 34.9 Å². The molecule has 0 radical (unpaired) electrons. The zero-order valence-corrected chi connectivity index (χ0v) is 8.49. The van der Waals surface area contributed by atoms with Crippen LogP contribution in [0.5, 0.6) is 5.75 Å². The highest BCUT2D eigenvalue weighted by Crippen LogP contribution is 2.27. The molecule has 0 fully saturated rings. The number of hydrogen-bond acceptors (Lipinski definition) is 2. The molecule has 0 spiro atoms. The van der Waals surface area contributed by atoms with Gasteiger partial charge in [-0.3, -0.25) is 0 Å². The number of fused-ring (bicyclic) bond motifs is 1. The van der Waals surface area contributed by atoms with Gasteiger partial charge in [-0.05, 0) is 31.5 Å². The van der Waals surface area contributed by atoms with Crippen molar-refractivity contribution in [1.82, 2.24) is 0 Å². The predicted molar refractivity (Wildman–Crippen MR) is 56.6 cm³/mol. The maximum absolute atomic E-state index is 5.78. The van der Waals surface area contributed by atoms with Crippen molar-refractivity contribution in [2.24, 2.45) is 0 Å². The fourth-order valence-corrected chi connectivity index (χ4v) is 1.37. The molecule has 0 bridgehead atoms. The largest absolute Gasteiger partial charge is 0.490 e. The molecule has 1 unspecified atom stereocenters. The Hall–Kier alpha value is -1.44. The van der Waals surface area contributed by atoms with Crippen LogP contribution in [-0.4, -0.2) is 6.10 Å². The van der Waals surface area contributed by atoms with Gasteiger partial charge in [-0.2, -0.15) is 0 Å². The van der Waals surface area contributed by atoms with E-state index in [2.05, 4.69) is 13.8 Å². The maximum atomic E-state index is 5.78. The highest BCUT2D eigenvalue weighted by atomic mass is 16.5. The molecule has 2 heteroatoms. The molecule has 0 aliphatic rings. The molecule has 0 N–H and O–H groups in total. The second-order valence-corrected chi connectivity index (χ2v) is 3.43. The summed E-state index contributed by atoms with van der Waals surface area (Å²) < 4.78 is 11.1. The lowest BCUT2D eigenvalue weighted by molar-refractivity contribution is 0.220. The van der Waals surface area contributed by atoms with E-state index in [1.54, 1.807) is 6.26 Å². The van der Waals surface area contributed by atoms with Crippen molar-refractivity contribution in [3.63, 3.8) is 0 Å². The van der Waals surface area contributed by atoms with Crippen molar-refractivity contribution in [3.05, 3.63) is 30.5 Å². The van der Waals surface area contributed by atoms with Crippen molar-refractivity contribution in [2.45, 2.75) is 26.4 Å². The molecule has 2 aromatic rings. The minimum absolute atomic E-state index is 0.246. The number of furan rings is 1. The molecule has 0 amide bonds. The molecular weight excluding hydrogens is 176 g/mol. The monoisotopic (exact) mass is 190 g/mol. The summed E-state index contributed by atoms with van der Waals surface area (Å²) in [6.45, 7) is 4.18. The van der Waals surface area contributed by atoms with Crippen LogP contribution in [-0.2, 0) is 0 Å². The number of rotatable bonds is 3. The average molecular weight is 190 g/mol. The molecule has 0 aliphatic carbocycles. The van der Waals surface area contributed by atoms with E-state index in [9.17, 15) is 0 Å². The summed E-state index contributed by atoms with van der Waals surface area (Å²) in [6, 6.07) is 7.80. The minimum Gasteiger partial charge on any atom is -0.490 e. The van der Waals surface area contributed by atoms with Crippen LogP contribution in [0.2, 0.25) is 0 Å². The third kappa shape index (κ3) is 1.60. The lowest BCUT2D eigenvalue weighted by Gasteiger charge is -2.12. The molecule has 1 aromatic carbocycles. The van der Waals surface area contributed by atoms with Crippen LogP contribution in [0.3, 0.4) is 0 Å². The van der Waals surface area contributed by atoms with Crippen molar-refractivity contribution in [3.8, 4) is 5.75 Å². The molecule has 0 saturated heterocycles. The van der Waals surface area contributed by atoms with Crippen LogP contribution in [0.4, 0.5) is 0 Å². The number of benzene rings is 1. The second-order valence-electron chi connectivity index (χ2n) is 3.43. The Morgan fingerprint density at radius 1 is 1.36 bits per heavy atom. The predicted octanol–water partition coefficient (Wildman–Crippen LogP) is 3.61. The molecule has 74 valence electrons. The summed E-state index contributed by atoms with van der Waals surface area (Å²) in [5.41, 5.74) is 0.880. The molecular formula is C12H14O2. The zero-order valence-electron chi connectivity index (χ0n) is 8.49. The van der Waals surface area contributed by atoms with Crippen LogP contribution >= 0.6 is 0 Å². The quantitative estimate of drug-likeness (QED) is 0.737. The first-order chi connectivity index (χ1) is 6.81. The van der Waals surface area contributed by atoms with E-state index < -0.39 is 0 Å². The number of ether oxygens (including phenoxy) is 1. The summed E-state index contributed by atoms with van der Waals surface area (Å²) >= 11 is 0. The lowest BCUT2D eigenvalue weighted by atomic mass is 10.2. The van der Waals surface area contributed by atoms with E-state index in [-0.39, 0.29) is 6.10 Å². The smallest absolute Gasteiger partial charge is 0.137 e. The number of hydrogen-bond donors (Lipinski definition) is 0. The van der Waals surface area contributed by atoms with Gasteiger partial charge in [0, 0.05) is 0 Å². The van der Waals surface area contributed by atoms with Gasteiger partial charge in [-0.1, -0.05) is 13.0 Å². The third-order valence-corrected chi connectivity index (χ3v) is 2.36. The fraction of sp³-hybridized carbons (Fsp3) is 0.333. The van der Waals surface area contributed by atoms with Gasteiger partial charge in [0.1, 0.15) is 11.3 Å². The summed E-state index contributed by atoms with van der Waals surface area (Å²) in [6.07, 6.45) is 2.94. The van der Waals surface area contributed by atoms with Gasteiger partial charge in [0.2, 0.25) is 0 Å². The van der Waals surface area contributed by atoms with Gasteiger partial charge in [0.05, 0.1) is 17.8 Å². The normalized spacial score (nSPS) is 13.0. The van der Waals surface area contributed by atoms with E-state index in [1.165, 1.54) is 0 Å². The Balaban J connectivity index is 2.36. The molecule has 1 atom stereocenters. The van der Waals surface area contributed by atoms with E-state index in [0.29, 0.717) is 0 Å². The molecule has 2 nitrogen and oxygen atoms in total. The Kier molecular flexibility index (Phi) is 2.44. The van der Waals surface area contributed by atoms with Gasteiger partial charge >= 0.3 is 0 Å². The van der Waals surface area contributed by atoms with E-state index in [1.807, 2.05) is 24.3 Å². The minimum atomic E-state index is 0.246. The molecule has 1 heterocycles. The molecule has 0 aliphatic heterocycles.